The van der Waals surface area contributed by atoms with E-state index in [0.29, 0.717) is 6.54 Å². The van der Waals surface area contributed by atoms with Gasteiger partial charge >= 0.3 is 0 Å². The van der Waals surface area contributed by atoms with Crippen LogP contribution in [0.2, 0.25) is 0 Å². The first kappa shape index (κ1) is 16.7. The second-order valence-electron chi connectivity index (χ2n) is 5.23. The summed E-state index contributed by atoms with van der Waals surface area (Å²) in [6, 6.07) is 8.47. The van der Waals surface area contributed by atoms with Crippen molar-refractivity contribution in [3.05, 3.63) is 35.4 Å². The van der Waals surface area contributed by atoms with Crippen molar-refractivity contribution in [1.82, 2.24) is 9.80 Å². The largest absolute Gasteiger partial charge is 0.320 e. The van der Waals surface area contributed by atoms with E-state index in [-0.39, 0.29) is 0 Å². The average Bonchev–Trinajstić information content (AvgIpc) is 2.45. The molecule has 110 valence electrons. The summed E-state index contributed by atoms with van der Waals surface area (Å²) >= 11 is 0. The zero-order valence-corrected chi connectivity index (χ0v) is 13.0. The summed E-state index contributed by atoms with van der Waals surface area (Å²) < 4.78 is 0. The van der Waals surface area contributed by atoms with Crippen LogP contribution in [0, 0.1) is 11.8 Å². The molecule has 0 saturated carbocycles. The number of nitrogens with zero attached hydrogens (tertiary/aromatic N) is 2. The third-order valence-electron chi connectivity index (χ3n) is 3.22. The predicted molar refractivity (Wildman–Crippen MR) is 86.5 cm³/mol. The molecule has 0 heterocycles. The lowest BCUT2D eigenvalue weighted by Crippen LogP contribution is -2.26. The second-order valence-corrected chi connectivity index (χ2v) is 5.23. The molecule has 0 unspecified atom stereocenters. The van der Waals surface area contributed by atoms with Gasteiger partial charge in [0.2, 0.25) is 0 Å². The molecule has 0 fully saturated rings. The van der Waals surface area contributed by atoms with Crippen molar-refractivity contribution < 1.29 is 0 Å². The maximum atomic E-state index is 5.37. The fourth-order valence-electron chi connectivity index (χ4n) is 2.06. The maximum absolute atomic E-state index is 5.37. The minimum atomic E-state index is 0.414. The van der Waals surface area contributed by atoms with Crippen molar-refractivity contribution in [3.8, 4) is 11.8 Å². The molecule has 20 heavy (non-hydrogen) atoms. The third kappa shape index (κ3) is 6.72. The van der Waals surface area contributed by atoms with E-state index in [1.807, 2.05) is 0 Å². The summed E-state index contributed by atoms with van der Waals surface area (Å²) in [7, 11) is 4.24. The van der Waals surface area contributed by atoms with Crippen molar-refractivity contribution >= 4 is 0 Å². The van der Waals surface area contributed by atoms with Crippen LogP contribution in [0.25, 0.3) is 0 Å². The predicted octanol–water partition coefficient (Wildman–Crippen LogP) is 1.77. The van der Waals surface area contributed by atoms with Gasteiger partial charge in [-0.3, -0.25) is 4.90 Å². The van der Waals surface area contributed by atoms with Crippen molar-refractivity contribution in [2.24, 2.45) is 5.73 Å². The second kappa shape index (κ2) is 9.55. The van der Waals surface area contributed by atoms with E-state index in [4.69, 9.17) is 5.73 Å². The minimum Gasteiger partial charge on any atom is -0.320 e. The maximum Gasteiger partial charge on any atom is 0.0555 e. The first-order chi connectivity index (χ1) is 9.65. The quantitative estimate of drug-likeness (QED) is 0.769. The molecule has 2 N–H and O–H groups in total. The van der Waals surface area contributed by atoms with Crippen LogP contribution in [0.4, 0.5) is 0 Å². The molecule has 0 atom stereocenters. The van der Waals surface area contributed by atoms with Crippen LogP contribution in [0.1, 0.15) is 24.5 Å². The molecule has 1 rings (SSSR count). The van der Waals surface area contributed by atoms with Crippen LogP contribution >= 0.6 is 0 Å². The monoisotopic (exact) mass is 273 g/mol. The van der Waals surface area contributed by atoms with Gasteiger partial charge in [-0.05, 0) is 57.8 Å². The van der Waals surface area contributed by atoms with E-state index in [2.05, 4.69) is 66.9 Å². The summed E-state index contributed by atoms with van der Waals surface area (Å²) in [6.45, 7) is 7.01. The summed E-state index contributed by atoms with van der Waals surface area (Å²) in [5, 5.41) is 0. The Balaban J connectivity index is 2.48. The van der Waals surface area contributed by atoms with Crippen LogP contribution in [-0.4, -0.2) is 50.1 Å². The standard InChI is InChI=1S/C17H27N3/c1-4-20(14-6-13-19(2)3)15-17-10-8-16(9-11-17)7-5-12-18/h8-11H,4,6,12-15,18H2,1-3H3. The van der Waals surface area contributed by atoms with Gasteiger partial charge in [-0.1, -0.05) is 30.9 Å². The van der Waals surface area contributed by atoms with E-state index < -0.39 is 0 Å². The Labute approximate surface area is 123 Å². The van der Waals surface area contributed by atoms with Crippen molar-refractivity contribution in [2.75, 3.05) is 40.3 Å². The zero-order chi connectivity index (χ0) is 14.8. The highest BCUT2D eigenvalue weighted by molar-refractivity contribution is 5.36. The van der Waals surface area contributed by atoms with Gasteiger partial charge in [0.05, 0.1) is 6.54 Å². The number of hydrogen-bond acceptors (Lipinski definition) is 3. The Morgan fingerprint density at radius 3 is 2.35 bits per heavy atom. The van der Waals surface area contributed by atoms with Crippen LogP contribution in [0.3, 0.4) is 0 Å². The Hall–Kier alpha value is -1.34. The molecule has 0 aliphatic heterocycles. The molecule has 0 bridgehead atoms. The van der Waals surface area contributed by atoms with Crippen LogP contribution < -0.4 is 5.73 Å². The highest BCUT2D eigenvalue weighted by Gasteiger charge is 2.04. The third-order valence-corrected chi connectivity index (χ3v) is 3.22. The number of benzene rings is 1. The van der Waals surface area contributed by atoms with Gasteiger partial charge < -0.3 is 10.6 Å². The summed E-state index contributed by atoms with van der Waals surface area (Å²) in [6.07, 6.45) is 1.21. The Morgan fingerprint density at radius 2 is 1.80 bits per heavy atom. The fourth-order valence-corrected chi connectivity index (χ4v) is 2.06. The van der Waals surface area contributed by atoms with Crippen LogP contribution in [0.15, 0.2) is 24.3 Å². The number of nitrogens with two attached hydrogens (primary N) is 1. The Bertz CT molecular complexity index is 426. The Morgan fingerprint density at radius 1 is 1.10 bits per heavy atom. The molecular weight excluding hydrogens is 246 g/mol. The molecule has 0 spiro atoms. The van der Waals surface area contributed by atoms with Gasteiger partial charge in [-0.25, -0.2) is 0 Å². The van der Waals surface area contributed by atoms with E-state index in [1.165, 1.54) is 12.0 Å². The molecule has 1 aromatic carbocycles. The molecule has 0 aliphatic carbocycles. The lowest BCUT2D eigenvalue weighted by Gasteiger charge is -2.21. The van der Waals surface area contributed by atoms with Crippen molar-refractivity contribution in [1.29, 1.82) is 0 Å². The molecule has 0 radical (unpaired) electrons. The Kier molecular flexibility index (Phi) is 7.98. The molecule has 0 aromatic heterocycles. The fraction of sp³-hybridized carbons (Fsp3) is 0.529. The van der Waals surface area contributed by atoms with E-state index in [1.54, 1.807) is 0 Å². The molecular formula is C17H27N3. The van der Waals surface area contributed by atoms with Gasteiger partial charge in [0.1, 0.15) is 0 Å². The topological polar surface area (TPSA) is 32.5 Å². The van der Waals surface area contributed by atoms with Gasteiger partial charge in [-0.2, -0.15) is 0 Å². The lowest BCUT2D eigenvalue weighted by molar-refractivity contribution is 0.259. The van der Waals surface area contributed by atoms with Crippen LogP contribution in [0.5, 0.6) is 0 Å². The molecule has 0 aliphatic rings. The SMILES string of the molecule is CCN(CCCN(C)C)Cc1ccc(C#CCN)cc1. The van der Waals surface area contributed by atoms with Gasteiger partial charge in [-0.15, -0.1) is 0 Å². The molecule has 3 heteroatoms. The van der Waals surface area contributed by atoms with Crippen molar-refractivity contribution in [2.45, 2.75) is 19.9 Å². The summed E-state index contributed by atoms with van der Waals surface area (Å²) in [4.78, 5) is 4.71. The molecule has 0 saturated heterocycles. The van der Waals surface area contributed by atoms with Crippen molar-refractivity contribution in [3.63, 3.8) is 0 Å². The molecule has 3 nitrogen and oxygen atoms in total. The average molecular weight is 273 g/mol. The first-order valence-electron chi connectivity index (χ1n) is 7.30. The van der Waals surface area contributed by atoms with Gasteiger partial charge in [0, 0.05) is 12.1 Å². The molecule has 1 aromatic rings. The zero-order valence-electron chi connectivity index (χ0n) is 13.0. The minimum absolute atomic E-state index is 0.414. The lowest BCUT2D eigenvalue weighted by atomic mass is 10.1. The molecule has 0 amide bonds. The first-order valence-corrected chi connectivity index (χ1v) is 7.30. The highest BCUT2D eigenvalue weighted by Crippen LogP contribution is 2.07. The highest BCUT2D eigenvalue weighted by atomic mass is 15.1. The van der Waals surface area contributed by atoms with Gasteiger partial charge in [0.25, 0.3) is 0 Å². The number of hydrogen-bond donors (Lipinski definition) is 1. The number of rotatable bonds is 7. The van der Waals surface area contributed by atoms with E-state index in [9.17, 15) is 0 Å². The van der Waals surface area contributed by atoms with Gasteiger partial charge in [0.15, 0.2) is 0 Å². The summed E-state index contributed by atoms with van der Waals surface area (Å²) in [5.41, 5.74) is 7.75. The van der Waals surface area contributed by atoms with E-state index >= 15 is 0 Å². The summed E-state index contributed by atoms with van der Waals surface area (Å²) in [5.74, 6) is 5.93. The smallest absolute Gasteiger partial charge is 0.0555 e. The normalized spacial score (nSPS) is 10.7. The van der Waals surface area contributed by atoms with E-state index in [0.717, 1.165) is 31.7 Å². The van der Waals surface area contributed by atoms with Crippen LogP contribution in [-0.2, 0) is 6.54 Å².